The van der Waals surface area contributed by atoms with Gasteiger partial charge in [-0.1, -0.05) is 24.8 Å². The number of rotatable bonds is 3. The molecule has 0 saturated heterocycles. The van der Waals surface area contributed by atoms with Gasteiger partial charge >= 0.3 is 5.97 Å². The highest BCUT2D eigenvalue weighted by Gasteiger charge is 2.41. The average molecular weight is 175 g/mol. The number of carbonyl (C=O) groups is 1. The summed E-state index contributed by atoms with van der Waals surface area (Å²) in [6.07, 6.45) is 3.68. The molecular weight excluding hydrogens is 162 g/mol. The van der Waals surface area contributed by atoms with Crippen LogP contribution in [0, 0.1) is 0 Å². The molecule has 1 fully saturated rings. The van der Waals surface area contributed by atoms with Gasteiger partial charge in [0.25, 0.3) is 0 Å². The number of hydrogen-bond acceptors (Lipinski definition) is 3. The van der Waals surface area contributed by atoms with Crippen LogP contribution in [0.15, 0.2) is 0 Å². The zero-order valence-electron chi connectivity index (χ0n) is 6.59. The van der Waals surface area contributed by atoms with Gasteiger partial charge in [-0.2, -0.15) is 0 Å². The van der Waals surface area contributed by atoms with Crippen LogP contribution in [-0.2, 0) is 4.79 Å². The van der Waals surface area contributed by atoms with Crippen molar-refractivity contribution in [2.45, 2.75) is 30.4 Å². The van der Waals surface area contributed by atoms with Gasteiger partial charge in [-0.3, -0.25) is 9.52 Å². The molecule has 0 aromatic rings. The minimum atomic E-state index is -0.672. The third-order valence-electron chi connectivity index (χ3n) is 2.10. The largest absolute Gasteiger partial charge is 0.480 e. The molecular formula is C7H13NO2S. The molecule has 2 N–H and O–H groups in total. The normalized spacial score (nSPS) is 21.9. The van der Waals surface area contributed by atoms with E-state index in [1.54, 1.807) is 7.05 Å². The summed E-state index contributed by atoms with van der Waals surface area (Å²) in [4.78, 5) is 10.9. The first kappa shape index (κ1) is 8.87. The number of carboxylic acids is 1. The fraction of sp³-hybridized carbons (Fsp3) is 0.857. The summed E-state index contributed by atoms with van der Waals surface area (Å²) in [7, 11) is 1.77. The van der Waals surface area contributed by atoms with Crippen LogP contribution < -0.4 is 4.72 Å². The highest BCUT2D eigenvalue weighted by atomic mass is 32.2. The molecule has 64 valence electrons. The molecule has 0 atom stereocenters. The summed E-state index contributed by atoms with van der Waals surface area (Å²) in [6, 6.07) is 0. The molecule has 0 heterocycles. The molecule has 1 rings (SSSR count). The lowest BCUT2D eigenvalue weighted by Gasteiger charge is -2.21. The van der Waals surface area contributed by atoms with Crippen molar-refractivity contribution in [1.82, 2.24) is 4.72 Å². The third kappa shape index (κ3) is 1.68. The molecule has 0 aromatic carbocycles. The van der Waals surface area contributed by atoms with Gasteiger partial charge < -0.3 is 5.11 Å². The van der Waals surface area contributed by atoms with E-state index in [-0.39, 0.29) is 0 Å². The fourth-order valence-electron chi connectivity index (χ4n) is 1.50. The van der Waals surface area contributed by atoms with Crippen LogP contribution in [0.1, 0.15) is 25.7 Å². The third-order valence-corrected chi connectivity index (χ3v) is 3.28. The van der Waals surface area contributed by atoms with Crippen molar-refractivity contribution in [2.24, 2.45) is 0 Å². The SMILES string of the molecule is CNSC1(C(=O)O)CCCC1. The monoisotopic (exact) mass is 175 g/mol. The molecule has 0 aromatic heterocycles. The van der Waals surface area contributed by atoms with Crippen LogP contribution in [0.5, 0.6) is 0 Å². The minimum absolute atomic E-state index is 0.533. The summed E-state index contributed by atoms with van der Waals surface area (Å²) in [5.74, 6) is -0.672. The first-order chi connectivity index (χ1) is 5.21. The number of carboxylic acid groups (broad SMARTS) is 1. The van der Waals surface area contributed by atoms with E-state index >= 15 is 0 Å². The van der Waals surface area contributed by atoms with Crippen LogP contribution in [0.3, 0.4) is 0 Å². The van der Waals surface area contributed by atoms with Gasteiger partial charge in [-0.05, 0) is 19.9 Å². The maximum atomic E-state index is 10.9. The predicted molar refractivity (Wildman–Crippen MR) is 45.5 cm³/mol. The Hall–Kier alpha value is -0.220. The van der Waals surface area contributed by atoms with Crippen molar-refractivity contribution in [3.63, 3.8) is 0 Å². The molecule has 1 aliphatic carbocycles. The Kier molecular flexibility index (Phi) is 2.78. The van der Waals surface area contributed by atoms with E-state index in [1.165, 1.54) is 11.9 Å². The average Bonchev–Trinajstić information content (AvgIpc) is 2.38. The lowest BCUT2D eigenvalue weighted by atomic mass is 10.1. The fourth-order valence-corrected chi connectivity index (χ4v) is 2.47. The Morgan fingerprint density at radius 1 is 1.55 bits per heavy atom. The van der Waals surface area contributed by atoms with E-state index in [2.05, 4.69) is 4.72 Å². The smallest absolute Gasteiger partial charge is 0.321 e. The van der Waals surface area contributed by atoms with Gasteiger partial charge in [0.1, 0.15) is 4.75 Å². The Labute approximate surface area is 70.7 Å². The Balaban J connectivity index is 2.62. The van der Waals surface area contributed by atoms with Gasteiger partial charge in [0.2, 0.25) is 0 Å². The summed E-state index contributed by atoms with van der Waals surface area (Å²) in [5, 5.41) is 8.93. The lowest BCUT2D eigenvalue weighted by molar-refractivity contribution is -0.139. The van der Waals surface area contributed by atoms with Crippen LogP contribution in [-0.4, -0.2) is 22.9 Å². The van der Waals surface area contributed by atoms with Crippen molar-refractivity contribution < 1.29 is 9.90 Å². The van der Waals surface area contributed by atoms with Crippen molar-refractivity contribution in [3.05, 3.63) is 0 Å². The van der Waals surface area contributed by atoms with Gasteiger partial charge in [0.05, 0.1) is 0 Å². The van der Waals surface area contributed by atoms with E-state index in [0.29, 0.717) is 0 Å². The first-order valence-corrected chi connectivity index (χ1v) is 4.61. The van der Waals surface area contributed by atoms with Crippen molar-refractivity contribution in [2.75, 3.05) is 7.05 Å². The molecule has 3 nitrogen and oxygen atoms in total. The quantitative estimate of drug-likeness (QED) is 0.634. The Bertz CT molecular complexity index is 155. The van der Waals surface area contributed by atoms with E-state index in [4.69, 9.17) is 5.11 Å². The van der Waals surface area contributed by atoms with Crippen LogP contribution >= 0.6 is 11.9 Å². The zero-order valence-corrected chi connectivity index (χ0v) is 7.41. The second-order valence-electron chi connectivity index (χ2n) is 2.81. The van der Waals surface area contributed by atoms with Crippen molar-refractivity contribution >= 4 is 17.9 Å². The summed E-state index contributed by atoms with van der Waals surface area (Å²) >= 11 is 1.34. The molecule has 1 aliphatic rings. The maximum absolute atomic E-state index is 10.9. The van der Waals surface area contributed by atoms with E-state index < -0.39 is 10.7 Å². The standard InChI is InChI=1S/C7H13NO2S/c1-8-11-7(6(9)10)4-2-3-5-7/h8H,2-5H2,1H3,(H,9,10). The molecule has 1 saturated carbocycles. The van der Waals surface area contributed by atoms with Crippen LogP contribution in [0.2, 0.25) is 0 Å². The molecule has 0 spiro atoms. The minimum Gasteiger partial charge on any atom is -0.480 e. The molecule has 11 heavy (non-hydrogen) atoms. The van der Waals surface area contributed by atoms with E-state index in [9.17, 15) is 4.79 Å². The van der Waals surface area contributed by atoms with Gasteiger partial charge in [0, 0.05) is 0 Å². The van der Waals surface area contributed by atoms with Crippen LogP contribution in [0.25, 0.3) is 0 Å². The van der Waals surface area contributed by atoms with Crippen LogP contribution in [0.4, 0.5) is 0 Å². The Morgan fingerprint density at radius 3 is 2.45 bits per heavy atom. The Morgan fingerprint density at radius 2 is 2.09 bits per heavy atom. The summed E-state index contributed by atoms with van der Waals surface area (Å²) in [6.45, 7) is 0. The molecule has 0 radical (unpaired) electrons. The predicted octanol–water partition coefficient (Wildman–Crippen LogP) is 1.25. The second kappa shape index (κ2) is 3.45. The topological polar surface area (TPSA) is 49.3 Å². The number of nitrogens with one attached hydrogen (secondary N) is 1. The highest BCUT2D eigenvalue weighted by Crippen LogP contribution is 2.39. The number of aliphatic carboxylic acids is 1. The molecule has 0 bridgehead atoms. The summed E-state index contributed by atoms with van der Waals surface area (Å²) < 4.78 is 2.33. The zero-order chi connectivity index (χ0) is 8.32. The maximum Gasteiger partial charge on any atom is 0.321 e. The van der Waals surface area contributed by atoms with Crippen molar-refractivity contribution in [3.8, 4) is 0 Å². The summed E-state index contributed by atoms with van der Waals surface area (Å²) in [5.41, 5.74) is 0. The van der Waals surface area contributed by atoms with Gasteiger partial charge in [0.15, 0.2) is 0 Å². The molecule has 0 unspecified atom stereocenters. The number of hydrogen-bond donors (Lipinski definition) is 2. The van der Waals surface area contributed by atoms with Gasteiger partial charge in [-0.15, -0.1) is 0 Å². The molecule has 4 heteroatoms. The molecule has 0 amide bonds. The first-order valence-electron chi connectivity index (χ1n) is 3.79. The highest BCUT2D eigenvalue weighted by molar-refractivity contribution is 7.99. The van der Waals surface area contributed by atoms with E-state index in [1.807, 2.05) is 0 Å². The van der Waals surface area contributed by atoms with Crippen molar-refractivity contribution in [1.29, 1.82) is 0 Å². The second-order valence-corrected chi connectivity index (χ2v) is 4.21. The van der Waals surface area contributed by atoms with Gasteiger partial charge in [-0.25, -0.2) is 0 Å². The molecule has 0 aliphatic heterocycles. The van der Waals surface area contributed by atoms with E-state index in [0.717, 1.165) is 25.7 Å². The lowest BCUT2D eigenvalue weighted by Crippen LogP contribution is -2.33.